The fourth-order valence-electron chi connectivity index (χ4n) is 3.70. The summed E-state index contributed by atoms with van der Waals surface area (Å²) in [4.78, 5) is 23.7. The molecule has 1 N–H and O–H groups in total. The van der Waals surface area contributed by atoms with E-state index in [1.54, 1.807) is 6.07 Å². The third kappa shape index (κ3) is 4.54. The molecule has 0 aliphatic carbocycles. The number of hydrogen-bond donors (Lipinski definition) is 1. The van der Waals surface area contributed by atoms with Gasteiger partial charge in [-0.15, -0.1) is 0 Å². The van der Waals surface area contributed by atoms with Gasteiger partial charge < -0.3 is 5.32 Å². The average Bonchev–Trinajstić information content (AvgIpc) is 3.18. The zero-order valence-corrected chi connectivity index (χ0v) is 16.5. The van der Waals surface area contributed by atoms with Crippen LogP contribution in [-0.2, 0) is 11.2 Å². The van der Waals surface area contributed by atoms with E-state index in [1.807, 2.05) is 50.2 Å². The maximum atomic E-state index is 12.6. The highest BCUT2D eigenvalue weighted by Crippen LogP contribution is 2.38. The lowest BCUT2D eigenvalue weighted by atomic mass is 9.87. The van der Waals surface area contributed by atoms with Crippen molar-refractivity contribution < 1.29 is 9.72 Å². The number of benzene rings is 2. The average molecular weight is 391 g/mol. The van der Waals surface area contributed by atoms with Crippen LogP contribution in [0.25, 0.3) is 11.1 Å². The van der Waals surface area contributed by atoms with Crippen LogP contribution in [-0.4, -0.2) is 23.9 Å². The monoisotopic (exact) mass is 391 g/mol. The first-order valence-corrected chi connectivity index (χ1v) is 9.64. The van der Waals surface area contributed by atoms with E-state index in [0.717, 1.165) is 22.3 Å². The van der Waals surface area contributed by atoms with Crippen LogP contribution in [0.15, 0.2) is 36.4 Å². The van der Waals surface area contributed by atoms with Crippen LogP contribution >= 0.6 is 0 Å². The standard InChI is InChI=1S/C22H23N4O3/c1-14(2)10-19(22(27)25-9-7-23)16-5-3-4-15(11-16)18-12-17-6-8-24-21(17)20(13-18)26(28)29/h3-5,11-14,19H,6,8-10H2,1-2H3,(H,25,27). The smallest absolute Gasteiger partial charge is 0.295 e. The number of carbonyl (C=O) groups excluding carboxylic acids is 1. The molecule has 0 saturated heterocycles. The summed E-state index contributed by atoms with van der Waals surface area (Å²) in [6.07, 6.45) is 1.33. The van der Waals surface area contributed by atoms with Crippen LogP contribution in [0.3, 0.4) is 0 Å². The Kier molecular flexibility index (Phi) is 6.13. The topological polar surface area (TPSA) is 110 Å². The Balaban J connectivity index is 2.00. The molecule has 0 bridgehead atoms. The van der Waals surface area contributed by atoms with Gasteiger partial charge in [0.1, 0.15) is 12.2 Å². The van der Waals surface area contributed by atoms with E-state index in [1.165, 1.54) is 0 Å². The Hall–Kier alpha value is -3.40. The molecule has 1 unspecified atom stereocenters. The fourth-order valence-corrected chi connectivity index (χ4v) is 3.70. The zero-order valence-electron chi connectivity index (χ0n) is 16.5. The van der Waals surface area contributed by atoms with Gasteiger partial charge in [0, 0.05) is 12.6 Å². The van der Waals surface area contributed by atoms with Gasteiger partial charge in [-0.3, -0.25) is 20.2 Å². The van der Waals surface area contributed by atoms with E-state index < -0.39 is 4.92 Å². The number of rotatable bonds is 7. The molecule has 7 nitrogen and oxygen atoms in total. The molecule has 29 heavy (non-hydrogen) atoms. The lowest BCUT2D eigenvalue weighted by Crippen LogP contribution is -2.30. The van der Waals surface area contributed by atoms with Crippen LogP contribution in [0.2, 0.25) is 0 Å². The molecule has 1 amide bonds. The van der Waals surface area contributed by atoms with Crippen molar-refractivity contribution in [1.82, 2.24) is 10.6 Å². The number of carbonyl (C=O) groups is 1. The van der Waals surface area contributed by atoms with Gasteiger partial charge in [-0.1, -0.05) is 38.1 Å². The molecule has 7 heteroatoms. The van der Waals surface area contributed by atoms with Gasteiger partial charge in [0.05, 0.1) is 16.9 Å². The van der Waals surface area contributed by atoms with E-state index in [9.17, 15) is 14.9 Å². The van der Waals surface area contributed by atoms with Crippen molar-refractivity contribution in [1.29, 1.82) is 5.26 Å². The molecule has 0 saturated carbocycles. The van der Waals surface area contributed by atoms with Gasteiger partial charge in [0.25, 0.3) is 5.69 Å². The highest BCUT2D eigenvalue weighted by atomic mass is 16.6. The van der Waals surface area contributed by atoms with Crippen molar-refractivity contribution in [2.75, 3.05) is 13.1 Å². The minimum atomic E-state index is -0.391. The second kappa shape index (κ2) is 8.74. The highest BCUT2D eigenvalue weighted by molar-refractivity contribution is 5.84. The minimum absolute atomic E-state index is 0.0193. The van der Waals surface area contributed by atoms with E-state index in [4.69, 9.17) is 5.26 Å². The number of fused-ring (bicyclic) bond motifs is 1. The summed E-state index contributed by atoms with van der Waals surface area (Å²) in [6.45, 7) is 4.62. The number of nitrogens with zero attached hydrogens (tertiary/aromatic N) is 3. The number of hydrogen-bond acceptors (Lipinski definition) is 4. The van der Waals surface area contributed by atoms with Crippen molar-refractivity contribution in [3.05, 3.63) is 57.6 Å². The predicted octanol–water partition coefficient (Wildman–Crippen LogP) is 3.82. The molecule has 0 fully saturated rings. The van der Waals surface area contributed by atoms with Crippen LogP contribution in [0, 0.1) is 27.4 Å². The van der Waals surface area contributed by atoms with E-state index in [0.29, 0.717) is 31.0 Å². The van der Waals surface area contributed by atoms with Crippen molar-refractivity contribution in [2.24, 2.45) is 5.92 Å². The van der Waals surface area contributed by atoms with Crippen molar-refractivity contribution in [3.63, 3.8) is 0 Å². The van der Waals surface area contributed by atoms with Gasteiger partial charge in [0.2, 0.25) is 5.91 Å². The molecule has 149 valence electrons. The number of nitro benzene ring substituents is 1. The minimum Gasteiger partial charge on any atom is -0.342 e. The molecule has 0 aromatic heterocycles. The van der Waals surface area contributed by atoms with Gasteiger partial charge >= 0.3 is 0 Å². The first kappa shape index (κ1) is 20.3. The van der Waals surface area contributed by atoms with Crippen LogP contribution in [0.1, 0.15) is 37.3 Å². The molecule has 2 aromatic rings. The molecule has 1 aliphatic heterocycles. The predicted molar refractivity (Wildman–Crippen MR) is 110 cm³/mol. The maximum Gasteiger partial charge on any atom is 0.295 e. The second-order valence-corrected chi connectivity index (χ2v) is 7.58. The summed E-state index contributed by atoms with van der Waals surface area (Å²) in [5.41, 5.74) is 3.77. The first-order valence-electron chi connectivity index (χ1n) is 9.64. The normalized spacial score (nSPS) is 13.3. The van der Waals surface area contributed by atoms with Crippen LogP contribution < -0.4 is 10.6 Å². The highest BCUT2D eigenvalue weighted by Gasteiger charge is 2.26. The number of amides is 1. The number of nitrogens with one attached hydrogen (secondary N) is 1. The van der Waals surface area contributed by atoms with Crippen LogP contribution in [0.5, 0.6) is 0 Å². The number of nitriles is 1. The zero-order chi connectivity index (χ0) is 21.0. The Morgan fingerprint density at radius 1 is 1.31 bits per heavy atom. The van der Waals surface area contributed by atoms with Gasteiger partial charge in [-0.25, -0.2) is 0 Å². The molecule has 0 spiro atoms. The van der Waals surface area contributed by atoms with Crippen molar-refractivity contribution in [3.8, 4) is 17.2 Å². The lowest BCUT2D eigenvalue weighted by molar-refractivity contribution is -0.384. The molecule has 1 aliphatic rings. The molecular weight excluding hydrogens is 368 g/mol. The molecule has 1 radical (unpaired) electrons. The van der Waals surface area contributed by atoms with Gasteiger partial charge in [0.15, 0.2) is 0 Å². The van der Waals surface area contributed by atoms with Gasteiger partial charge in [-0.2, -0.15) is 5.26 Å². The third-order valence-electron chi connectivity index (χ3n) is 5.00. The Labute approximate surface area is 169 Å². The molecule has 1 atom stereocenters. The molecular formula is C22H23N4O3. The quantitative estimate of drug-likeness (QED) is 0.439. The number of nitro groups is 1. The summed E-state index contributed by atoms with van der Waals surface area (Å²) in [6, 6.07) is 13.0. The summed E-state index contributed by atoms with van der Waals surface area (Å²) in [7, 11) is 0. The lowest BCUT2D eigenvalue weighted by Gasteiger charge is -2.19. The summed E-state index contributed by atoms with van der Waals surface area (Å²) in [5, 5.41) is 27.2. The summed E-state index contributed by atoms with van der Waals surface area (Å²) < 4.78 is 0. The van der Waals surface area contributed by atoms with Crippen LogP contribution in [0.4, 0.5) is 11.4 Å². The van der Waals surface area contributed by atoms with Crippen molar-refractivity contribution in [2.45, 2.75) is 32.6 Å². The Morgan fingerprint density at radius 2 is 2.10 bits per heavy atom. The first-order chi connectivity index (χ1) is 13.9. The second-order valence-electron chi connectivity index (χ2n) is 7.58. The Morgan fingerprint density at radius 3 is 2.79 bits per heavy atom. The van der Waals surface area contributed by atoms with E-state index in [2.05, 4.69) is 10.6 Å². The van der Waals surface area contributed by atoms with E-state index >= 15 is 0 Å². The largest absolute Gasteiger partial charge is 0.342 e. The maximum absolute atomic E-state index is 12.6. The molecule has 2 aromatic carbocycles. The third-order valence-corrected chi connectivity index (χ3v) is 5.00. The summed E-state index contributed by atoms with van der Waals surface area (Å²) >= 11 is 0. The molecule has 3 rings (SSSR count). The SMILES string of the molecule is CC(C)CC(C(=O)NCC#N)c1cccc(-c2cc3c(c([N+](=O)[O-])c2)[N]CC3)c1. The fraction of sp³-hybridized carbons (Fsp3) is 0.364. The van der Waals surface area contributed by atoms with Gasteiger partial charge in [-0.05, 0) is 47.1 Å². The van der Waals surface area contributed by atoms with Crippen molar-refractivity contribution >= 4 is 17.3 Å². The van der Waals surface area contributed by atoms with E-state index in [-0.39, 0.29) is 24.1 Å². The Bertz CT molecular complexity index is 979. The summed E-state index contributed by atoms with van der Waals surface area (Å²) in [5.74, 6) is -0.280. The molecule has 1 heterocycles.